The molecule has 1 heterocycles. The van der Waals surface area contributed by atoms with Crippen LogP contribution in [0.1, 0.15) is 46.0 Å². The molecule has 1 aliphatic rings. The van der Waals surface area contributed by atoms with E-state index in [-0.39, 0.29) is 0 Å². The zero-order valence-corrected chi connectivity index (χ0v) is 15.3. The van der Waals surface area contributed by atoms with Gasteiger partial charge < -0.3 is 10.6 Å². The molecule has 0 unspecified atom stereocenters. The van der Waals surface area contributed by atoms with Crippen molar-refractivity contribution in [2.45, 2.75) is 52.1 Å². The van der Waals surface area contributed by atoms with Crippen molar-refractivity contribution in [3.63, 3.8) is 0 Å². The van der Waals surface area contributed by atoms with Crippen LogP contribution in [0.5, 0.6) is 0 Å². The minimum absolute atomic E-state index is 0.499. The second-order valence-corrected chi connectivity index (χ2v) is 6.69. The van der Waals surface area contributed by atoms with Crippen LogP contribution in [-0.2, 0) is 0 Å². The molecule has 1 aliphatic heterocycles. The highest BCUT2D eigenvalue weighted by Crippen LogP contribution is 2.23. The van der Waals surface area contributed by atoms with Crippen molar-refractivity contribution in [1.29, 1.82) is 0 Å². The first-order chi connectivity index (χ1) is 11.4. The van der Waals surface area contributed by atoms with Gasteiger partial charge in [0.05, 0.1) is 6.54 Å². The SMILES string of the molecule is CCC(CC)CNC(=NC)NCCC1CCN(CC(F)(F)F)CC1. The number of halogens is 3. The molecule has 1 saturated heterocycles. The molecule has 0 saturated carbocycles. The van der Waals surface area contributed by atoms with Gasteiger partial charge in [0.1, 0.15) is 0 Å². The van der Waals surface area contributed by atoms with Crippen LogP contribution >= 0.6 is 0 Å². The predicted octanol–water partition coefficient (Wildman–Crippen LogP) is 3.25. The molecule has 4 nitrogen and oxygen atoms in total. The molecule has 0 aromatic carbocycles. The molecule has 0 atom stereocenters. The fourth-order valence-corrected chi connectivity index (χ4v) is 3.12. The molecule has 142 valence electrons. The molecule has 0 aromatic rings. The topological polar surface area (TPSA) is 39.7 Å². The van der Waals surface area contributed by atoms with Crippen molar-refractivity contribution in [2.24, 2.45) is 16.8 Å². The number of likely N-dealkylation sites (tertiary alicyclic amines) is 1. The van der Waals surface area contributed by atoms with Gasteiger partial charge in [-0.15, -0.1) is 0 Å². The second kappa shape index (κ2) is 10.8. The van der Waals surface area contributed by atoms with Gasteiger partial charge in [-0.2, -0.15) is 13.2 Å². The Kier molecular flexibility index (Phi) is 9.48. The molecule has 7 heteroatoms. The van der Waals surface area contributed by atoms with E-state index >= 15 is 0 Å². The fraction of sp³-hybridized carbons (Fsp3) is 0.941. The van der Waals surface area contributed by atoms with E-state index in [1.807, 2.05) is 0 Å². The Bertz CT molecular complexity index is 359. The molecule has 0 bridgehead atoms. The van der Waals surface area contributed by atoms with E-state index < -0.39 is 12.7 Å². The van der Waals surface area contributed by atoms with Crippen LogP contribution in [0.3, 0.4) is 0 Å². The standard InChI is InChI=1S/C17H33F3N4/c1-4-14(5-2)12-23-16(21-3)22-9-6-15-7-10-24(11-8-15)13-17(18,19)20/h14-15H,4-13H2,1-3H3,(H2,21,22,23). The monoisotopic (exact) mass is 350 g/mol. The normalized spacial score (nSPS) is 18.2. The fourth-order valence-electron chi connectivity index (χ4n) is 3.12. The number of alkyl halides is 3. The lowest BCUT2D eigenvalue weighted by Gasteiger charge is -2.32. The number of hydrogen-bond acceptors (Lipinski definition) is 2. The maximum absolute atomic E-state index is 12.4. The highest BCUT2D eigenvalue weighted by Gasteiger charge is 2.32. The van der Waals surface area contributed by atoms with E-state index in [1.165, 1.54) is 4.90 Å². The van der Waals surface area contributed by atoms with Crippen LogP contribution in [0.25, 0.3) is 0 Å². The number of guanidine groups is 1. The Hall–Kier alpha value is -0.980. The van der Waals surface area contributed by atoms with E-state index in [1.54, 1.807) is 7.05 Å². The summed E-state index contributed by atoms with van der Waals surface area (Å²) in [5.74, 6) is 1.97. The van der Waals surface area contributed by atoms with Gasteiger partial charge in [-0.05, 0) is 44.2 Å². The lowest BCUT2D eigenvalue weighted by Crippen LogP contribution is -2.42. The number of nitrogens with zero attached hydrogens (tertiary/aromatic N) is 2. The Morgan fingerprint density at radius 2 is 1.79 bits per heavy atom. The number of nitrogens with one attached hydrogen (secondary N) is 2. The molecule has 0 spiro atoms. The molecule has 1 fully saturated rings. The molecule has 0 aromatic heterocycles. The minimum atomic E-state index is -4.08. The smallest absolute Gasteiger partial charge is 0.356 e. The zero-order valence-electron chi connectivity index (χ0n) is 15.3. The van der Waals surface area contributed by atoms with Gasteiger partial charge in [-0.1, -0.05) is 26.7 Å². The van der Waals surface area contributed by atoms with E-state index in [0.29, 0.717) is 24.9 Å². The van der Waals surface area contributed by atoms with Crippen LogP contribution in [0.15, 0.2) is 4.99 Å². The van der Waals surface area contributed by atoms with Gasteiger partial charge in [0.15, 0.2) is 5.96 Å². The third kappa shape index (κ3) is 8.76. The van der Waals surface area contributed by atoms with E-state index in [9.17, 15) is 13.2 Å². The summed E-state index contributed by atoms with van der Waals surface area (Å²) >= 11 is 0. The van der Waals surface area contributed by atoms with E-state index in [4.69, 9.17) is 0 Å². The van der Waals surface area contributed by atoms with Crippen molar-refractivity contribution in [1.82, 2.24) is 15.5 Å². The lowest BCUT2D eigenvalue weighted by atomic mass is 9.93. The molecular weight excluding hydrogens is 317 g/mol. The Labute approximate surface area is 144 Å². The lowest BCUT2D eigenvalue weighted by molar-refractivity contribution is -0.148. The van der Waals surface area contributed by atoms with Crippen molar-refractivity contribution < 1.29 is 13.2 Å². The second-order valence-electron chi connectivity index (χ2n) is 6.69. The average Bonchev–Trinajstić information content (AvgIpc) is 2.54. The van der Waals surface area contributed by atoms with Gasteiger partial charge in [0.2, 0.25) is 0 Å². The van der Waals surface area contributed by atoms with Crippen molar-refractivity contribution >= 4 is 5.96 Å². The molecule has 0 amide bonds. The minimum Gasteiger partial charge on any atom is -0.356 e. The van der Waals surface area contributed by atoms with Gasteiger partial charge in [0.25, 0.3) is 0 Å². The van der Waals surface area contributed by atoms with E-state index in [0.717, 1.165) is 51.2 Å². The zero-order chi connectivity index (χ0) is 18.0. The highest BCUT2D eigenvalue weighted by molar-refractivity contribution is 5.79. The Morgan fingerprint density at radius 1 is 1.17 bits per heavy atom. The number of hydrogen-bond donors (Lipinski definition) is 2. The van der Waals surface area contributed by atoms with Crippen molar-refractivity contribution in [3.05, 3.63) is 0 Å². The number of aliphatic imine (C=N–C) groups is 1. The highest BCUT2D eigenvalue weighted by atomic mass is 19.4. The van der Waals surface area contributed by atoms with Crippen LogP contribution in [0, 0.1) is 11.8 Å². The summed E-state index contributed by atoms with van der Waals surface area (Å²) in [7, 11) is 1.76. The molecule has 1 rings (SSSR count). The van der Waals surface area contributed by atoms with Gasteiger partial charge in [-0.25, -0.2) is 0 Å². The summed E-state index contributed by atoms with van der Waals surface area (Å²) in [6.45, 7) is 6.44. The molecule has 0 aliphatic carbocycles. The van der Waals surface area contributed by atoms with E-state index in [2.05, 4.69) is 29.5 Å². The predicted molar refractivity (Wildman–Crippen MR) is 93.3 cm³/mol. The summed E-state index contributed by atoms with van der Waals surface area (Å²) < 4.78 is 37.1. The Balaban J connectivity index is 2.18. The first-order valence-electron chi connectivity index (χ1n) is 9.11. The van der Waals surface area contributed by atoms with Gasteiger partial charge in [0, 0.05) is 20.1 Å². The van der Waals surface area contributed by atoms with Gasteiger partial charge >= 0.3 is 6.18 Å². The first kappa shape index (κ1) is 21.1. The summed E-state index contributed by atoms with van der Waals surface area (Å²) in [6, 6.07) is 0. The largest absolute Gasteiger partial charge is 0.401 e. The van der Waals surface area contributed by atoms with Crippen molar-refractivity contribution in [3.8, 4) is 0 Å². The van der Waals surface area contributed by atoms with Crippen molar-refractivity contribution in [2.75, 3.05) is 39.8 Å². The van der Waals surface area contributed by atoms with Crippen LogP contribution in [0.2, 0.25) is 0 Å². The van der Waals surface area contributed by atoms with Crippen LogP contribution in [0.4, 0.5) is 13.2 Å². The molecule has 2 N–H and O–H groups in total. The molecule has 0 radical (unpaired) electrons. The quantitative estimate of drug-likeness (QED) is 0.521. The number of piperidine rings is 1. The van der Waals surface area contributed by atoms with Crippen LogP contribution in [-0.4, -0.2) is 56.8 Å². The third-order valence-corrected chi connectivity index (χ3v) is 4.89. The first-order valence-corrected chi connectivity index (χ1v) is 9.11. The summed E-state index contributed by atoms with van der Waals surface area (Å²) in [6.07, 6.45) is 0.885. The third-order valence-electron chi connectivity index (χ3n) is 4.89. The number of rotatable bonds is 8. The Morgan fingerprint density at radius 3 is 2.29 bits per heavy atom. The average molecular weight is 350 g/mol. The van der Waals surface area contributed by atoms with Gasteiger partial charge in [-0.3, -0.25) is 9.89 Å². The maximum Gasteiger partial charge on any atom is 0.401 e. The molecular formula is C17H33F3N4. The maximum atomic E-state index is 12.4. The summed E-state index contributed by atoms with van der Waals surface area (Å²) in [5, 5.41) is 6.66. The molecule has 24 heavy (non-hydrogen) atoms. The summed E-state index contributed by atoms with van der Waals surface area (Å²) in [4.78, 5) is 5.74. The summed E-state index contributed by atoms with van der Waals surface area (Å²) in [5.41, 5.74) is 0. The van der Waals surface area contributed by atoms with Crippen LogP contribution < -0.4 is 10.6 Å².